The summed E-state index contributed by atoms with van der Waals surface area (Å²) in [4.78, 5) is 0. The lowest BCUT2D eigenvalue weighted by Gasteiger charge is -2.06. The SMILES string of the molecule is CCCCOCCCNS(=O)(=O)CCCO. The second-order valence-corrected chi connectivity index (χ2v) is 5.54. The number of hydrogen-bond donors (Lipinski definition) is 2. The molecule has 0 aromatic heterocycles. The van der Waals surface area contributed by atoms with Crippen molar-refractivity contribution in [2.75, 3.05) is 32.1 Å². The lowest BCUT2D eigenvalue weighted by Crippen LogP contribution is -2.28. The molecule has 0 aromatic rings. The molecular formula is C10H23NO4S. The minimum atomic E-state index is -3.21. The predicted octanol–water partition coefficient (Wildman–Crippen LogP) is 0.495. The molecule has 0 aliphatic rings. The first kappa shape index (κ1) is 15.8. The van der Waals surface area contributed by atoms with Crippen LogP contribution in [-0.2, 0) is 14.8 Å². The molecule has 98 valence electrons. The average molecular weight is 253 g/mol. The van der Waals surface area contributed by atoms with Crippen LogP contribution in [0.25, 0.3) is 0 Å². The van der Waals surface area contributed by atoms with Gasteiger partial charge < -0.3 is 9.84 Å². The number of sulfonamides is 1. The smallest absolute Gasteiger partial charge is 0.211 e. The van der Waals surface area contributed by atoms with Gasteiger partial charge in [-0.1, -0.05) is 13.3 Å². The molecule has 0 aliphatic heterocycles. The molecule has 0 atom stereocenters. The fourth-order valence-corrected chi connectivity index (χ4v) is 2.19. The molecule has 6 heteroatoms. The fourth-order valence-electron chi connectivity index (χ4n) is 1.08. The van der Waals surface area contributed by atoms with Gasteiger partial charge in [-0.3, -0.25) is 0 Å². The van der Waals surface area contributed by atoms with Gasteiger partial charge in [0.2, 0.25) is 10.0 Å². The van der Waals surface area contributed by atoms with Gasteiger partial charge in [-0.15, -0.1) is 0 Å². The number of aliphatic hydroxyl groups is 1. The number of ether oxygens (including phenoxy) is 1. The molecule has 0 bridgehead atoms. The second-order valence-electron chi connectivity index (χ2n) is 3.61. The van der Waals surface area contributed by atoms with Crippen LogP contribution < -0.4 is 4.72 Å². The first-order chi connectivity index (χ1) is 7.62. The summed E-state index contributed by atoms with van der Waals surface area (Å²) in [7, 11) is -3.21. The van der Waals surface area contributed by atoms with Crippen LogP contribution in [0.2, 0.25) is 0 Å². The van der Waals surface area contributed by atoms with Crippen molar-refractivity contribution in [3.8, 4) is 0 Å². The Bertz CT molecular complexity index is 241. The Morgan fingerprint density at radius 3 is 2.50 bits per heavy atom. The van der Waals surface area contributed by atoms with E-state index in [2.05, 4.69) is 11.6 Å². The molecule has 0 heterocycles. The second kappa shape index (κ2) is 10.0. The molecule has 0 radical (unpaired) electrons. The van der Waals surface area contributed by atoms with Gasteiger partial charge >= 0.3 is 0 Å². The molecule has 0 saturated heterocycles. The zero-order chi connectivity index (χ0) is 12.3. The molecule has 16 heavy (non-hydrogen) atoms. The first-order valence-corrected chi connectivity index (χ1v) is 7.43. The van der Waals surface area contributed by atoms with Crippen LogP contribution in [0.5, 0.6) is 0 Å². The van der Waals surface area contributed by atoms with Crippen LogP contribution in [0.15, 0.2) is 0 Å². The molecule has 0 rings (SSSR count). The van der Waals surface area contributed by atoms with E-state index in [4.69, 9.17) is 9.84 Å². The summed E-state index contributed by atoms with van der Waals surface area (Å²) in [5.74, 6) is -0.0137. The van der Waals surface area contributed by atoms with Crippen LogP contribution in [0.1, 0.15) is 32.6 Å². The Balaban J connectivity index is 3.36. The monoisotopic (exact) mass is 253 g/mol. The largest absolute Gasteiger partial charge is 0.396 e. The molecule has 0 aliphatic carbocycles. The van der Waals surface area contributed by atoms with Crippen molar-refractivity contribution in [3.63, 3.8) is 0 Å². The summed E-state index contributed by atoms with van der Waals surface area (Å²) in [5.41, 5.74) is 0. The van der Waals surface area contributed by atoms with E-state index >= 15 is 0 Å². The third-order valence-electron chi connectivity index (χ3n) is 2.00. The molecule has 0 fully saturated rings. The Morgan fingerprint density at radius 1 is 1.19 bits per heavy atom. The highest BCUT2D eigenvalue weighted by Crippen LogP contribution is 1.91. The van der Waals surface area contributed by atoms with Gasteiger partial charge in [-0.25, -0.2) is 13.1 Å². The van der Waals surface area contributed by atoms with E-state index in [-0.39, 0.29) is 18.8 Å². The van der Waals surface area contributed by atoms with Gasteiger partial charge in [0, 0.05) is 26.4 Å². The van der Waals surface area contributed by atoms with Crippen molar-refractivity contribution < 1.29 is 18.3 Å². The highest BCUT2D eigenvalue weighted by atomic mass is 32.2. The summed E-state index contributed by atoms with van der Waals surface area (Å²) >= 11 is 0. The van der Waals surface area contributed by atoms with Crippen LogP contribution in [0.3, 0.4) is 0 Å². The third-order valence-corrected chi connectivity index (χ3v) is 3.47. The van der Waals surface area contributed by atoms with E-state index in [1.807, 2.05) is 0 Å². The maximum Gasteiger partial charge on any atom is 0.211 e. The molecule has 0 unspecified atom stereocenters. The molecule has 5 nitrogen and oxygen atoms in total. The topological polar surface area (TPSA) is 75.6 Å². The van der Waals surface area contributed by atoms with E-state index in [1.165, 1.54) is 0 Å². The number of aliphatic hydroxyl groups excluding tert-OH is 1. The fraction of sp³-hybridized carbons (Fsp3) is 1.00. The van der Waals surface area contributed by atoms with Gasteiger partial charge in [0.1, 0.15) is 0 Å². The average Bonchev–Trinajstić information content (AvgIpc) is 2.25. The van der Waals surface area contributed by atoms with E-state index in [1.54, 1.807) is 0 Å². The molecule has 2 N–H and O–H groups in total. The summed E-state index contributed by atoms with van der Waals surface area (Å²) < 4.78 is 30.3. The Hall–Kier alpha value is -0.170. The number of rotatable bonds is 11. The minimum absolute atomic E-state index is 0.0137. The number of unbranched alkanes of at least 4 members (excludes halogenated alkanes) is 1. The summed E-state index contributed by atoms with van der Waals surface area (Å²) in [6, 6.07) is 0. The maximum absolute atomic E-state index is 11.3. The van der Waals surface area contributed by atoms with E-state index in [0.29, 0.717) is 19.6 Å². The first-order valence-electron chi connectivity index (χ1n) is 5.78. The van der Waals surface area contributed by atoms with Crippen LogP contribution in [0.4, 0.5) is 0 Å². The summed E-state index contributed by atoms with van der Waals surface area (Å²) in [5, 5.41) is 8.51. The number of hydrogen-bond acceptors (Lipinski definition) is 4. The highest BCUT2D eigenvalue weighted by molar-refractivity contribution is 7.89. The van der Waals surface area contributed by atoms with Crippen molar-refractivity contribution >= 4 is 10.0 Å². The van der Waals surface area contributed by atoms with E-state index in [9.17, 15) is 8.42 Å². The van der Waals surface area contributed by atoms with Gasteiger partial charge in [-0.05, 0) is 19.3 Å². The van der Waals surface area contributed by atoms with Crippen molar-refractivity contribution in [3.05, 3.63) is 0 Å². The molecule has 0 aromatic carbocycles. The minimum Gasteiger partial charge on any atom is -0.396 e. The Kier molecular flexibility index (Phi) is 9.91. The van der Waals surface area contributed by atoms with Crippen LogP contribution in [-0.4, -0.2) is 45.6 Å². The van der Waals surface area contributed by atoms with Gasteiger partial charge in [-0.2, -0.15) is 0 Å². The summed E-state index contributed by atoms with van der Waals surface area (Å²) in [6.45, 7) is 3.73. The number of nitrogens with one attached hydrogen (secondary N) is 1. The van der Waals surface area contributed by atoms with Crippen molar-refractivity contribution in [2.45, 2.75) is 32.6 Å². The summed E-state index contributed by atoms with van der Waals surface area (Å²) in [6.07, 6.45) is 3.11. The predicted molar refractivity (Wildman–Crippen MR) is 63.8 cm³/mol. The molecule has 0 spiro atoms. The lowest BCUT2D eigenvalue weighted by atomic mass is 10.4. The van der Waals surface area contributed by atoms with Gasteiger partial charge in [0.25, 0.3) is 0 Å². The maximum atomic E-state index is 11.3. The zero-order valence-corrected chi connectivity index (χ0v) is 10.8. The van der Waals surface area contributed by atoms with Crippen molar-refractivity contribution in [2.24, 2.45) is 0 Å². The standard InChI is InChI=1S/C10H23NO4S/c1-2-3-8-15-9-4-6-11-16(13,14)10-5-7-12/h11-12H,2-10H2,1H3. The van der Waals surface area contributed by atoms with E-state index < -0.39 is 10.0 Å². The van der Waals surface area contributed by atoms with Gasteiger partial charge in [0.15, 0.2) is 0 Å². The van der Waals surface area contributed by atoms with E-state index in [0.717, 1.165) is 19.4 Å². The van der Waals surface area contributed by atoms with Gasteiger partial charge in [0.05, 0.1) is 5.75 Å². The third kappa shape index (κ3) is 10.4. The van der Waals surface area contributed by atoms with Crippen molar-refractivity contribution in [1.29, 1.82) is 0 Å². The highest BCUT2D eigenvalue weighted by Gasteiger charge is 2.07. The van der Waals surface area contributed by atoms with Crippen molar-refractivity contribution in [1.82, 2.24) is 4.72 Å². The zero-order valence-electron chi connectivity index (χ0n) is 9.94. The molecule has 0 saturated carbocycles. The molecular weight excluding hydrogens is 230 g/mol. The lowest BCUT2D eigenvalue weighted by molar-refractivity contribution is 0.130. The Labute approximate surface area is 98.2 Å². The van der Waals surface area contributed by atoms with Crippen LogP contribution in [0, 0.1) is 0 Å². The van der Waals surface area contributed by atoms with Crippen LogP contribution >= 0.6 is 0 Å². The Morgan fingerprint density at radius 2 is 1.88 bits per heavy atom. The molecule has 0 amide bonds. The normalized spacial score (nSPS) is 11.9. The quantitative estimate of drug-likeness (QED) is 0.526.